The zero-order valence-corrected chi connectivity index (χ0v) is 12.1. The van der Waals surface area contributed by atoms with Gasteiger partial charge in [-0.1, -0.05) is 12.8 Å². The summed E-state index contributed by atoms with van der Waals surface area (Å²) in [5.41, 5.74) is 1.83. The molecule has 20 heavy (non-hydrogen) atoms. The predicted molar refractivity (Wildman–Crippen MR) is 81.2 cm³/mol. The lowest BCUT2D eigenvalue weighted by atomic mass is 9.93. The summed E-state index contributed by atoms with van der Waals surface area (Å²) < 4.78 is 0. The Morgan fingerprint density at radius 2 is 1.85 bits per heavy atom. The van der Waals surface area contributed by atoms with E-state index in [9.17, 15) is 9.90 Å². The van der Waals surface area contributed by atoms with E-state index in [4.69, 9.17) is 0 Å². The standard InChI is InChI=1S/C15H23N3O2/c1-18(2)12-9-7-11(8-10-12)16-15(20)17-13-5-3-4-6-14(13)19/h7-10,13-14,19H,3-6H2,1-2H3,(H2,16,17,20)/t13-,14-/m0/s1. The van der Waals surface area contributed by atoms with Gasteiger partial charge in [-0.3, -0.25) is 0 Å². The summed E-state index contributed by atoms with van der Waals surface area (Å²) in [6.07, 6.45) is 3.27. The largest absolute Gasteiger partial charge is 0.391 e. The summed E-state index contributed by atoms with van der Waals surface area (Å²) in [5.74, 6) is 0. The van der Waals surface area contributed by atoms with Gasteiger partial charge in [0.1, 0.15) is 0 Å². The quantitative estimate of drug-likeness (QED) is 0.793. The van der Waals surface area contributed by atoms with Gasteiger partial charge in [-0.05, 0) is 37.1 Å². The van der Waals surface area contributed by atoms with Gasteiger partial charge in [0.15, 0.2) is 0 Å². The molecule has 0 saturated heterocycles. The van der Waals surface area contributed by atoms with Gasteiger partial charge >= 0.3 is 6.03 Å². The highest BCUT2D eigenvalue weighted by Gasteiger charge is 2.24. The Morgan fingerprint density at radius 3 is 2.45 bits per heavy atom. The molecule has 1 saturated carbocycles. The summed E-state index contributed by atoms with van der Waals surface area (Å²) in [4.78, 5) is 13.9. The van der Waals surface area contributed by atoms with Gasteiger partial charge in [0.05, 0.1) is 12.1 Å². The molecule has 5 heteroatoms. The maximum atomic E-state index is 11.9. The molecule has 2 amide bonds. The second-order valence-electron chi connectivity index (χ2n) is 5.50. The normalized spacial score (nSPS) is 22.1. The molecule has 0 heterocycles. The number of nitrogens with one attached hydrogen (secondary N) is 2. The molecule has 0 spiro atoms. The number of hydrogen-bond donors (Lipinski definition) is 3. The van der Waals surface area contributed by atoms with Gasteiger partial charge < -0.3 is 20.6 Å². The number of anilines is 2. The molecule has 1 aliphatic rings. The Kier molecular flexibility index (Phi) is 4.84. The molecule has 0 aromatic heterocycles. The molecule has 0 aliphatic heterocycles. The van der Waals surface area contributed by atoms with Gasteiger partial charge in [0, 0.05) is 25.5 Å². The fourth-order valence-corrected chi connectivity index (χ4v) is 2.46. The van der Waals surface area contributed by atoms with Crippen molar-refractivity contribution >= 4 is 17.4 Å². The molecule has 5 nitrogen and oxygen atoms in total. The van der Waals surface area contributed by atoms with E-state index in [0.717, 1.165) is 37.1 Å². The molecule has 3 N–H and O–H groups in total. The monoisotopic (exact) mass is 277 g/mol. The smallest absolute Gasteiger partial charge is 0.319 e. The minimum Gasteiger partial charge on any atom is -0.391 e. The maximum Gasteiger partial charge on any atom is 0.319 e. The number of urea groups is 1. The number of carbonyl (C=O) groups is 1. The second kappa shape index (κ2) is 6.61. The summed E-state index contributed by atoms with van der Waals surface area (Å²) >= 11 is 0. The zero-order chi connectivity index (χ0) is 14.5. The SMILES string of the molecule is CN(C)c1ccc(NC(=O)N[C@H]2CCCC[C@@H]2O)cc1. The van der Waals surface area contributed by atoms with Gasteiger partial charge in [0.2, 0.25) is 0 Å². The molecule has 2 atom stereocenters. The van der Waals surface area contributed by atoms with Crippen LogP contribution in [0, 0.1) is 0 Å². The minimum atomic E-state index is -0.425. The van der Waals surface area contributed by atoms with Crippen LogP contribution in [0.3, 0.4) is 0 Å². The molecule has 110 valence electrons. The Hall–Kier alpha value is -1.75. The van der Waals surface area contributed by atoms with Crippen molar-refractivity contribution in [3.63, 3.8) is 0 Å². The van der Waals surface area contributed by atoms with Crippen molar-refractivity contribution in [2.75, 3.05) is 24.3 Å². The molecule has 1 aliphatic carbocycles. The average Bonchev–Trinajstić information content (AvgIpc) is 2.42. The molecule has 0 bridgehead atoms. The number of benzene rings is 1. The van der Waals surface area contributed by atoms with Gasteiger partial charge in [-0.2, -0.15) is 0 Å². The first-order valence-electron chi connectivity index (χ1n) is 7.09. The molecule has 1 aromatic rings. The Bertz CT molecular complexity index is 445. The lowest BCUT2D eigenvalue weighted by molar-refractivity contribution is 0.0955. The Morgan fingerprint density at radius 1 is 1.20 bits per heavy atom. The fourth-order valence-electron chi connectivity index (χ4n) is 2.46. The van der Waals surface area contributed by atoms with Crippen LogP contribution in [0.4, 0.5) is 16.2 Å². The Balaban J connectivity index is 1.87. The fraction of sp³-hybridized carbons (Fsp3) is 0.533. The van der Waals surface area contributed by atoms with Crippen LogP contribution in [0.5, 0.6) is 0 Å². The van der Waals surface area contributed by atoms with Crippen LogP contribution in [0.1, 0.15) is 25.7 Å². The number of carbonyl (C=O) groups excluding carboxylic acids is 1. The van der Waals surface area contributed by atoms with E-state index >= 15 is 0 Å². The number of nitrogens with zero attached hydrogens (tertiary/aromatic N) is 1. The van der Waals surface area contributed by atoms with Crippen LogP contribution >= 0.6 is 0 Å². The second-order valence-corrected chi connectivity index (χ2v) is 5.50. The van der Waals surface area contributed by atoms with Crippen LogP contribution in [0.25, 0.3) is 0 Å². The number of hydrogen-bond acceptors (Lipinski definition) is 3. The van der Waals surface area contributed by atoms with Crippen LogP contribution in [0.2, 0.25) is 0 Å². The van der Waals surface area contributed by atoms with E-state index < -0.39 is 6.10 Å². The molecule has 1 aromatic carbocycles. The van der Waals surface area contributed by atoms with Crippen molar-refractivity contribution in [1.29, 1.82) is 0 Å². The van der Waals surface area contributed by atoms with Crippen molar-refractivity contribution in [2.24, 2.45) is 0 Å². The Labute approximate surface area is 120 Å². The van der Waals surface area contributed by atoms with E-state index in [1.807, 2.05) is 43.3 Å². The van der Waals surface area contributed by atoms with E-state index in [0.29, 0.717) is 0 Å². The van der Waals surface area contributed by atoms with Crippen molar-refractivity contribution in [2.45, 2.75) is 37.8 Å². The van der Waals surface area contributed by atoms with Gasteiger partial charge in [-0.25, -0.2) is 4.79 Å². The number of aliphatic hydroxyl groups is 1. The van der Waals surface area contributed by atoms with Crippen molar-refractivity contribution in [3.8, 4) is 0 Å². The lowest BCUT2D eigenvalue weighted by Crippen LogP contribution is -2.46. The predicted octanol–water partition coefficient (Wildman–Crippen LogP) is 2.18. The minimum absolute atomic E-state index is 0.134. The van der Waals surface area contributed by atoms with Gasteiger partial charge in [0.25, 0.3) is 0 Å². The number of aliphatic hydroxyl groups excluding tert-OH is 1. The molecular weight excluding hydrogens is 254 g/mol. The summed E-state index contributed by atoms with van der Waals surface area (Å²) in [6.45, 7) is 0. The summed E-state index contributed by atoms with van der Waals surface area (Å²) in [5, 5.41) is 15.5. The van der Waals surface area contributed by atoms with E-state index in [-0.39, 0.29) is 12.1 Å². The van der Waals surface area contributed by atoms with Gasteiger partial charge in [-0.15, -0.1) is 0 Å². The topological polar surface area (TPSA) is 64.6 Å². The highest BCUT2D eigenvalue weighted by atomic mass is 16.3. The summed E-state index contributed by atoms with van der Waals surface area (Å²) in [7, 11) is 3.94. The van der Waals surface area contributed by atoms with Crippen LogP contribution in [-0.2, 0) is 0 Å². The first-order valence-corrected chi connectivity index (χ1v) is 7.09. The lowest BCUT2D eigenvalue weighted by Gasteiger charge is -2.28. The van der Waals surface area contributed by atoms with Crippen molar-refractivity contribution in [1.82, 2.24) is 5.32 Å². The average molecular weight is 277 g/mol. The van der Waals surface area contributed by atoms with Crippen molar-refractivity contribution in [3.05, 3.63) is 24.3 Å². The van der Waals surface area contributed by atoms with Crippen LogP contribution in [0.15, 0.2) is 24.3 Å². The molecule has 0 unspecified atom stereocenters. The zero-order valence-electron chi connectivity index (χ0n) is 12.1. The number of rotatable bonds is 3. The summed E-state index contributed by atoms with van der Waals surface area (Å²) in [6, 6.07) is 7.24. The third kappa shape index (κ3) is 3.87. The van der Waals surface area contributed by atoms with E-state index in [1.54, 1.807) is 0 Å². The first kappa shape index (κ1) is 14.7. The molecule has 1 fully saturated rings. The van der Waals surface area contributed by atoms with Crippen LogP contribution in [-0.4, -0.2) is 37.4 Å². The highest BCUT2D eigenvalue weighted by molar-refractivity contribution is 5.89. The molecular formula is C15H23N3O2. The molecule has 0 radical (unpaired) electrons. The third-order valence-electron chi connectivity index (χ3n) is 3.69. The molecule has 2 rings (SSSR count). The highest BCUT2D eigenvalue weighted by Crippen LogP contribution is 2.19. The maximum absolute atomic E-state index is 11.9. The van der Waals surface area contributed by atoms with Crippen LogP contribution < -0.4 is 15.5 Å². The van der Waals surface area contributed by atoms with E-state index in [2.05, 4.69) is 10.6 Å². The number of amides is 2. The first-order chi connectivity index (χ1) is 9.56. The third-order valence-corrected chi connectivity index (χ3v) is 3.69. The van der Waals surface area contributed by atoms with Crippen molar-refractivity contribution < 1.29 is 9.90 Å². The van der Waals surface area contributed by atoms with E-state index in [1.165, 1.54) is 0 Å².